The summed E-state index contributed by atoms with van der Waals surface area (Å²) in [5.74, 6) is 3.87. The van der Waals surface area contributed by atoms with Gasteiger partial charge in [0.1, 0.15) is 29.3 Å². The highest BCUT2D eigenvalue weighted by atomic mass is 35.5. The van der Waals surface area contributed by atoms with Gasteiger partial charge >= 0.3 is 0 Å². The van der Waals surface area contributed by atoms with Crippen LogP contribution in [-0.2, 0) is 0 Å². The van der Waals surface area contributed by atoms with Gasteiger partial charge in [0.2, 0.25) is 0 Å². The fraction of sp³-hybridized carbons (Fsp3) is 0.541. The summed E-state index contributed by atoms with van der Waals surface area (Å²) in [7, 11) is 0. The van der Waals surface area contributed by atoms with Crippen LogP contribution in [0.3, 0.4) is 0 Å². The van der Waals surface area contributed by atoms with Gasteiger partial charge in [0.15, 0.2) is 5.65 Å². The number of hydrogen-bond donors (Lipinski definition) is 2. The molecule has 9 rings (SSSR count). The van der Waals surface area contributed by atoms with E-state index in [0.717, 1.165) is 83.6 Å². The minimum absolute atomic E-state index is 0. The summed E-state index contributed by atoms with van der Waals surface area (Å²) in [5, 5.41) is 9.56. The first-order chi connectivity index (χ1) is 22.6. The quantitative estimate of drug-likeness (QED) is 0.255. The zero-order valence-corrected chi connectivity index (χ0v) is 28.0. The largest absolute Gasteiger partial charge is 0.457 e. The molecule has 2 aromatic carbocycles. The molecule has 3 saturated heterocycles. The van der Waals surface area contributed by atoms with Crippen molar-refractivity contribution in [1.82, 2.24) is 34.9 Å². The van der Waals surface area contributed by atoms with E-state index in [2.05, 4.69) is 24.8 Å². The van der Waals surface area contributed by atoms with Crippen molar-refractivity contribution in [2.45, 2.75) is 69.5 Å². The van der Waals surface area contributed by atoms with Crippen LogP contribution in [0.5, 0.6) is 11.5 Å². The average molecular weight is 655 g/mol. The van der Waals surface area contributed by atoms with Crippen molar-refractivity contribution in [2.24, 2.45) is 17.3 Å². The van der Waals surface area contributed by atoms with Gasteiger partial charge < -0.3 is 20.7 Å². The number of likely N-dealkylation sites (tertiary alicyclic amines) is 2. The maximum atomic E-state index is 6.45. The molecule has 2 saturated carbocycles. The molecule has 2 aliphatic carbocycles. The number of nitrogens with one attached hydrogen (secondary N) is 1. The van der Waals surface area contributed by atoms with Crippen LogP contribution in [0.15, 0.2) is 60.9 Å². The van der Waals surface area contributed by atoms with Crippen LogP contribution < -0.4 is 15.8 Å². The highest BCUT2D eigenvalue weighted by molar-refractivity contribution is 5.98. The highest BCUT2D eigenvalue weighted by Gasteiger charge is 2.51. The van der Waals surface area contributed by atoms with E-state index in [1.807, 2.05) is 54.6 Å². The van der Waals surface area contributed by atoms with Crippen LogP contribution in [0.1, 0.15) is 57.4 Å². The van der Waals surface area contributed by atoms with E-state index in [9.17, 15) is 0 Å². The fourth-order valence-corrected chi connectivity index (χ4v) is 9.72. The molecule has 248 valence electrons. The lowest BCUT2D eigenvalue weighted by Gasteiger charge is -2.53. The Morgan fingerprint density at radius 3 is 2.17 bits per heavy atom. The van der Waals surface area contributed by atoms with Crippen molar-refractivity contribution in [1.29, 1.82) is 0 Å². The molecule has 3 N–H and O–H groups in total. The fourth-order valence-electron chi connectivity index (χ4n) is 9.72. The number of halogens is 1. The van der Waals surface area contributed by atoms with Gasteiger partial charge in [0.25, 0.3) is 0 Å². The van der Waals surface area contributed by atoms with Gasteiger partial charge in [-0.1, -0.05) is 18.2 Å². The zero-order valence-electron chi connectivity index (χ0n) is 27.1. The normalized spacial score (nSPS) is 26.7. The number of rotatable bonds is 6. The molecule has 5 fully saturated rings. The molecule has 1 unspecified atom stereocenters. The molecule has 10 heteroatoms. The SMILES string of the molecule is Cl.Nc1ncnc2c1c(-c1ccc(Oc3ccccc3)cc1)nn2C1CCN(C2C[C@@H]3CN(C4CC5(CCNCC5)C4)C[C@@H]3C2)CC1. The number of nitrogens with two attached hydrogens (primary N) is 1. The Labute approximate surface area is 283 Å². The number of aromatic nitrogens is 4. The minimum atomic E-state index is 0. The van der Waals surface area contributed by atoms with Crippen molar-refractivity contribution in [3.05, 3.63) is 60.9 Å². The first-order valence-electron chi connectivity index (χ1n) is 17.6. The van der Waals surface area contributed by atoms with E-state index in [1.54, 1.807) is 6.33 Å². The smallest absolute Gasteiger partial charge is 0.164 e. The van der Waals surface area contributed by atoms with E-state index in [0.29, 0.717) is 17.3 Å². The maximum absolute atomic E-state index is 6.45. The summed E-state index contributed by atoms with van der Waals surface area (Å²) >= 11 is 0. The van der Waals surface area contributed by atoms with Crippen molar-refractivity contribution < 1.29 is 4.74 Å². The van der Waals surface area contributed by atoms with Gasteiger partial charge in [0, 0.05) is 43.8 Å². The molecular weight excluding hydrogens is 608 g/mol. The second kappa shape index (κ2) is 12.7. The minimum Gasteiger partial charge on any atom is -0.457 e. The molecule has 5 heterocycles. The van der Waals surface area contributed by atoms with E-state index in [4.69, 9.17) is 20.6 Å². The number of nitrogens with zero attached hydrogens (tertiary/aromatic N) is 6. The standard InChI is InChI=1S/C37H46N8O.ClH/c38-35-33-34(25-6-8-32(9-7-25)46-31-4-2-1-3-5-31)42-45(36(33)41-24-40-35)28-10-16-43(17-11-28)29-18-26-22-44(23-27(26)19-29)30-20-37(21-30)12-14-39-15-13-37;/h1-9,24,26-30,39H,10-23H2,(H2,38,40,41);1H/t26-,27+,29?;. The third kappa shape index (κ3) is 5.79. The average Bonchev–Trinajstić information content (AvgIpc) is 3.78. The molecule has 3 atom stereocenters. The van der Waals surface area contributed by atoms with Crippen molar-refractivity contribution >= 4 is 29.3 Å². The lowest BCUT2D eigenvalue weighted by molar-refractivity contribution is -0.0151. The number of anilines is 1. The van der Waals surface area contributed by atoms with E-state index in [-0.39, 0.29) is 12.4 Å². The Hall–Kier alpha value is -3.24. The molecule has 47 heavy (non-hydrogen) atoms. The number of para-hydroxylation sites is 1. The third-order valence-electron chi connectivity index (χ3n) is 12.3. The Morgan fingerprint density at radius 2 is 1.47 bits per heavy atom. The molecule has 0 radical (unpaired) electrons. The lowest BCUT2D eigenvalue weighted by Crippen LogP contribution is -2.54. The Morgan fingerprint density at radius 1 is 0.787 bits per heavy atom. The Bertz CT molecular complexity index is 1660. The molecule has 2 aromatic heterocycles. The molecule has 0 bridgehead atoms. The number of benzene rings is 2. The summed E-state index contributed by atoms with van der Waals surface area (Å²) < 4.78 is 8.16. The van der Waals surface area contributed by atoms with Crippen molar-refractivity contribution in [3.63, 3.8) is 0 Å². The number of piperidine rings is 2. The predicted molar refractivity (Wildman–Crippen MR) is 188 cm³/mol. The van der Waals surface area contributed by atoms with Crippen molar-refractivity contribution in [3.8, 4) is 22.8 Å². The van der Waals surface area contributed by atoms with E-state index >= 15 is 0 Å². The van der Waals surface area contributed by atoms with Gasteiger partial charge in [-0.3, -0.25) is 4.90 Å². The Balaban J connectivity index is 0.00000324. The zero-order chi connectivity index (χ0) is 30.7. The van der Waals surface area contributed by atoms with Crippen LogP contribution in [0.4, 0.5) is 5.82 Å². The van der Waals surface area contributed by atoms with E-state index < -0.39 is 0 Å². The van der Waals surface area contributed by atoms with Crippen LogP contribution >= 0.6 is 12.4 Å². The molecule has 4 aromatic rings. The number of nitrogen functional groups attached to an aromatic ring is 1. The molecule has 3 aliphatic heterocycles. The lowest BCUT2D eigenvalue weighted by atomic mass is 9.60. The second-order valence-electron chi connectivity index (χ2n) is 14.9. The monoisotopic (exact) mass is 654 g/mol. The summed E-state index contributed by atoms with van der Waals surface area (Å²) in [4.78, 5) is 14.7. The van der Waals surface area contributed by atoms with Gasteiger partial charge in [-0.05, 0) is 118 Å². The third-order valence-corrected chi connectivity index (χ3v) is 12.3. The number of hydrogen-bond acceptors (Lipinski definition) is 8. The summed E-state index contributed by atoms with van der Waals surface area (Å²) in [6.07, 6.45) is 12.2. The number of fused-ring (bicyclic) bond motifs is 2. The van der Waals surface area contributed by atoms with Crippen LogP contribution in [0.25, 0.3) is 22.3 Å². The summed E-state index contributed by atoms with van der Waals surface area (Å²) in [6.45, 7) is 7.41. The molecular formula is C37H47ClN8O. The topological polar surface area (TPSA) is 97.4 Å². The molecule has 0 amide bonds. The molecule has 5 aliphatic rings. The van der Waals surface area contributed by atoms with Crippen LogP contribution in [0, 0.1) is 17.3 Å². The molecule has 1 spiro atoms. The highest BCUT2D eigenvalue weighted by Crippen LogP contribution is 2.52. The first-order valence-corrected chi connectivity index (χ1v) is 17.6. The summed E-state index contributed by atoms with van der Waals surface area (Å²) in [5.41, 5.74) is 9.80. The number of ether oxygens (including phenoxy) is 1. The second-order valence-corrected chi connectivity index (χ2v) is 14.9. The van der Waals surface area contributed by atoms with Gasteiger partial charge in [-0.25, -0.2) is 14.6 Å². The van der Waals surface area contributed by atoms with Crippen LogP contribution in [-0.4, -0.2) is 80.9 Å². The summed E-state index contributed by atoms with van der Waals surface area (Å²) in [6, 6.07) is 19.8. The Kier molecular flexibility index (Phi) is 8.36. The maximum Gasteiger partial charge on any atom is 0.164 e. The van der Waals surface area contributed by atoms with Gasteiger partial charge in [-0.15, -0.1) is 12.4 Å². The van der Waals surface area contributed by atoms with Crippen LogP contribution in [0.2, 0.25) is 0 Å². The molecule has 9 nitrogen and oxygen atoms in total. The van der Waals surface area contributed by atoms with Gasteiger partial charge in [0.05, 0.1) is 11.4 Å². The van der Waals surface area contributed by atoms with Gasteiger partial charge in [-0.2, -0.15) is 5.10 Å². The van der Waals surface area contributed by atoms with Crippen molar-refractivity contribution in [2.75, 3.05) is 45.0 Å². The first kappa shape index (κ1) is 31.1. The van der Waals surface area contributed by atoms with E-state index in [1.165, 1.54) is 64.7 Å². The predicted octanol–water partition coefficient (Wildman–Crippen LogP) is 6.17.